The summed E-state index contributed by atoms with van der Waals surface area (Å²) in [5.74, 6) is -0.528. The van der Waals surface area contributed by atoms with E-state index in [0.29, 0.717) is 35.1 Å². The molecule has 0 fully saturated rings. The average molecular weight is 316 g/mol. The van der Waals surface area contributed by atoms with Gasteiger partial charge in [-0.05, 0) is 43.1 Å². The molecule has 0 heterocycles. The van der Waals surface area contributed by atoms with Gasteiger partial charge in [0, 0.05) is 11.5 Å². The SMILES string of the molecule is CC(NCCCN=[N+]=[N-])(C(N)=O)c1ccc(Cl)c(Cl)c1. The van der Waals surface area contributed by atoms with Gasteiger partial charge in [0.1, 0.15) is 5.54 Å². The molecule has 0 saturated heterocycles. The van der Waals surface area contributed by atoms with Gasteiger partial charge in [-0.2, -0.15) is 0 Å². The molecule has 3 N–H and O–H groups in total. The van der Waals surface area contributed by atoms with E-state index in [0.717, 1.165) is 0 Å². The summed E-state index contributed by atoms with van der Waals surface area (Å²) in [6.45, 7) is 2.49. The summed E-state index contributed by atoms with van der Waals surface area (Å²) in [5, 5.41) is 7.24. The fraction of sp³-hybridized carbons (Fsp3) is 0.417. The van der Waals surface area contributed by atoms with Crippen LogP contribution in [0.1, 0.15) is 18.9 Å². The molecule has 0 spiro atoms. The summed E-state index contributed by atoms with van der Waals surface area (Å²) in [6.07, 6.45) is 0.592. The molecule has 20 heavy (non-hydrogen) atoms. The highest BCUT2D eigenvalue weighted by Gasteiger charge is 2.32. The minimum absolute atomic E-state index is 0.347. The van der Waals surface area contributed by atoms with Gasteiger partial charge in [0.2, 0.25) is 5.91 Å². The monoisotopic (exact) mass is 315 g/mol. The van der Waals surface area contributed by atoms with E-state index in [1.165, 1.54) is 0 Å². The molecule has 0 saturated carbocycles. The van der Waals surface area contributed by atoms with E-state index in [9.17, 15) is 4.79 Å². The highest BCUT2D eigenvalue weighted by molar-refractivity contribution is 6.42. The van der Waals surface area contributed by atoms with Gasteiger partial charge in [-0.1, -0.05) is 34.4 Å². The highest BCUT2D eigenvalue weighted by atomic mass is 35.5. The lowest BCUT2D eigenvalue weighted by molar-refractivity contribution is -0.124. The lowest BCUT2D eigenvalue weighted by atomic mass is 9.91. The fourth-order valence-electron chi connectivity index (χ4n) is 1.67. The predicted molar refractivity (Wildman–Crippen MR) is 79.6 cm³/mol. The molecule has 8 heteroatoms. The van der Waals surface area contributed by atoms with E-state index < -0.39 is 11.4 Å². The van der Waals surface area contributed by atoms with E-state index in [1.807, 2.05) is 0 Å². The van der Waals surface area contributed by atoms with Gasteiger partial charge in [-0.15, -0.1) is 0 Å². The Hall–Kier alpha value is -1.46. The Morgan fingerprint density at radius 2 is 2.20 bits per heavy atom. The number of nitrogens with zero attached hydrogens (tertiary/aromatic N) is 3. The van der Waals surface area contributed by atoms with Gasteiger partial charge in [-0.3, -0.25) is 10.1 Å². The van der Waals surface area contributed by atoms with E-state index >= 15 is 0 Å². The van der Waals surface area contributed by atoms with Crippen molar-refractivity contribution in [3.05, 3.63) is 44.3 Å². The molecular formula is C12H15Cl2N5O. The number of rotatable bonds is 7. The van der Waals surface area contributed by atoms with Gasteiger partial charge < -0.3 is 5.73 Å². The topological polar surface area (TPSA) is 104 Å². The Morgan fingerprint density at radius 1 is 1.50 bits per heavy atom. The van der Waals surface area contributed by atoms with Crippen LogP contribution in [0, 0.1) is 0 Å². The minimum atomic E-state index is -1.06. The van der Waals surface area contributed by atoms with Crippen LogP contribution in [0.25, 0.3) is 10.4 Å². The minimum Gasteiger partial charge on any atom is -0.368 e. The van der Waals surface area contributed by atoms with E-state index in [-0.39, 0.29) is 0 Å². The summed E-state index contributed by atoms with van der Waals surface area (Å²) < 4.78 is 0. The third-order valence-corrected chi connectivity index (χ3v) is 3.71. The Morgan fingerprint density at radius 3 is 2.75 bits per heavy atom. The zero-order valence-corrected chi connectivity index (χ0v) is 12.4. The second kappa shape index (κ2) is 7.36. The number of amides is 1. The van der Waals surface area contributed by atoms with Gasteiger partial charge in [0.05, 0.1) is 10.0 Å². The van der Waals surface area contributed by atoms with Crippen LogP contribution < -0.4 is 11.1 Å². The number of benzene rings is 1. The molecule has 1 atom stereocenters. The molecule has 108 valence electrons. The molecule has 1 unspecified atom stereocenters. The smallest absolute Gasteiger partial charge is 0.242 e. The Labute approximate surface area is 126 Å². The quantitative estimate of drug-likeness (QED) is 0.349. The van der Waals surface area contributed by atoms with Crippen molar-refractivity contribution >= 4 is 29.1 Å². The number of nitrogens with two attached hydrogens (primary N) is 1. The average Bonchev–Trinajstić information content (AvgIpc) is 2.41. The van der Waals surface area contributed by atoms with Gasteiger partial charge >= 0.3 is 0 Å². The molecule has 6 nitrogen and oxygen atoms in total. The number of hydrogen-bond donors (Lipinski definition) is 2. The number of azide groups is 1. The van der Waals surface area contributed by atoms with E-state index in [4.69, 9.17) is 34.5 Å². The molecule has 0 radical (unpaired) electrons. The van der Waals surface area contributed by atoms with Crippen LogP contribution in [0.3, 0.4) is 0 Å². The van der Waals surface area contributed by atoms with E-state index in [2.05, 4.69) is 15.3 Å². The molecule has 1 rings (SSSR count). The Bertz CT molecular complexity index is 545. The van der Waals surface area contributed by atoms with Crippen LogP contribution in [0.5, 0.6) is 0 Å². The summed E-state index contributed by atoms with van der Waals surface area (Å²) in [5.41, 5.74) is 13.2. The number of primary amides is 1. The molecule has 0 aliphatic rings. The van der Waals surface area contributed by atoms with Crippen LogP contribution in [0.15, 0.2) is 23.3 Å². The number of carbonyl (C=O) groups is 1. The fourth-order valence-corrected chi connectivity index (χ4v) is 1.97. The van der Waals surface area contributed by atoms with Crippen molar-refractivity contribution in [2.24, 2.45) is 10.8 Å². The van der Waals surface area contributed by atoms with Crippen molar-refractivity contribution in [2.45, 2.75) is 18.9 Å². The maximum Gasteiger partial charge on any atom is 0.242 e. The molecule has 1 amide bonds. The normalized spacial score (nSPS) is 13.3. The number of hydrogen-bond acceptors (Lipinski definition) is 3. The van der Waals surface area contributed by atoms with Crippen LogP contribution >= 0.6 is 23.2 Å². The Kier molecular flexibility index (Phi) is 6.10. The maximum absolute atomic E-state index is 11.7. The third-order valence-electron chi connectivity index (χ3n) is 2.97. The first-order chi connectivity index (χ1) is 9.41. The third kappa shape index (κ3) is 4.02. The number of halogens is 2. The van der Waals surface area contributed by atoms with Crippen LogP contribution in [-0.4, -0.2) is 19.0 Å². The van der Waals surface area contributed by atoms with Crippen molar-refractivity contribution in [1.82, 2.24) is 5.32 Å². The van der Waals surface area contributed by atoms with Crippen LogP contribution in [0.4, 0.5) is 0 Å². The molecular weight excluding hydrogens is 301 g/mol. The molecule has 0 aliphatic heterocycles. The number of carbonyl (C=O) groups excluding carboxylic acids is 1. The van der Waals surface area contributed by atoms with Crippen LogP contribution in [0.2, 0.25) is 10.0 Å². The first-order valence-corrected chi connectivity index (χ1v) is 6.68. The lowest BCUT2D eigenvalue weighted by Gasteiger charge is -2.28. The van der Waals surface area contributed by atoms with Gasteiger partial charge in [0.25, 0.3) is 0 Å². The van der Waals surface area contributed by atoms with Gasteiger partial charge in [-0.25, -0.2) is 0 Å². The van der Waals surface area contributed by atoms with Crippen LogP contribution in [-0.2, 0) is 10.3 Å². The highest BCUT2D eigenvalue weighted by Crippen LogP contribution is 2.28. The Balaban J connectivity index is 2.87. The standard InChI is InChI=1S/C12H15Cl2N5O/c1-12(11(15)20,17-5-2-6-18-19-16)8-3-4-9(13)10(14)7-8/h3-4,7,17H,2,5-6H2,1H3,(H2,15,20). The first-order valence-electron chi connectivity index (χ1n) is 5.93. The largest absolute Gasteiger partial charge is 0.368 e. The molecule has 1 aromatic carbocycles. The summed E-state index contributed by atoms with van der Waals surface area (Å²) in [4.78, 5) is 14.4. The summed E-state index contributed by atoms with van der Waals surface area (Å²) in [6, 6.07) is 4.91. The molecule has 1 aromatic rings. The zero-order chi connectivity index (χ0) is 15.2. The molecule has 0 aromatic heterocycles. The second-order valence-electron chi connectivity index (χ2n) is 4.35. The maximum atomic E-state index is 11.7. The van der Waals surface area contributed by atoms with Gasteiger partial charge in [0.15, 0.2) is 0 Å². The zero-order valence-electron chi connectivity index (χ0n) is 10.9. The van der Waals surface area contributed by atoms with Crippen molar-refractivity contribution in [3.63, 3.8) is 0 Å². The summed E-state index contributed by atoms with van der Waals surface area (Å²) in [7, 11) is 0. The first kappa shape index (κ1) is 16.6. The van der Waals surface area contributed by atoms with Crippen molar-refractivity contribution in [3.8, 4) is 0 Å². The lowest BCUT2D eigenvalue weighted by Crippen LogP contribution is -2.50. The number of nitrogens with one attached hydrogen (secondary N) is 1. The van der Waals surface area contributed by atoms with E-state index in [1.54, 1.807) is 25.1 Å². The van der Waals surface area contributed by atoms with Crippen molar-refractivity contribution in [1.29, 1.82) is 0 Å². The van der Waals surface area contributed by atoms with Crippen molar-refractivity contribution in [2.75, 3.05) is 13.1 Å². The molecule has 0 aliphatic carbocycles. The van der Waals surface area contributed by atoms with Crippen molar-refractivity contribution < 1.29 is 4.79 Å². The predicted octanol–water partition coefficient (Wildman–Crippen LogP) is 2.98. The molecule has 0 bridgehead atoms. The second-order valence-corrected chi connectivity index (χ2v) is 5.17. The summed E-state index contributed by atoms with van der Waals surface area (Å²) >= 11 is 11.8.